The van der Waals surface area contributed by atoms with E-state index in [1.165, 1.54) is 63.8 Å². The molecular formula is C40H70O4Si. The Bertz CT molecular complexity index is 1030. The quantitative estimate of drug-likeness (QED) is 0.0698. The lowest BCUT2D eigenvalue weighted by molar-refractivity contribution is -0.156. The summed E-state index contributed by atoms with van der Waals surface area (Å²) in [6.45, 7) is 23.1. The van der Waals surface area contributed by atoms with E-state index in [0.29, 0.717) is 53.8 Å². The van der Waals surface area contributed by atoms with Crippen molar-refractivity contribution in [1.82, 2.24) is 0 Å². The van der Waals surface area contributed by atoms with Gasteiger partial charge in [0.2, 0.25) is 0 Å². The normalized spacial score (nSPS) is 40.7. The second-order valence-corrected chi connectivity index (χ2v) is 24.3. The zero-order chi connectivity index (χ0) is 32.6. The summed E-state index contributed by atoms with van der Waals surface area (Å²) in [5, 5.41) is 0. The van der Waals surface area contributed by atoms with Crippen LogP contribution in [0.25, 0.3) is 0 Å². The van der Waals surface area contributed by atoms with Gasteiger partial charge in [-0.05, 0) is 135 Å². The van der Waals surface area contributed by atoms with Gasteiger partial charge in [0.25, 0.3) is 0 Å². The number of carbonyl (C=O) groups is 1. The molecule has 258 valence electrons. The van der Waals surface area contributed by atoms with Crippen LogP contribution < -0.4 is 0 Å². The Labute approximate surface area is 278 Å². The van der Waals surface area contributed by atoms with Gasteiger partial charge < -0.3 is 14.2 Å². The molecule has 5 aliphatic carbocycles. The predicted molar refractivity (Wildman–Crippen MR) is 189 cm³/mol. The SMILES string of the molecule is CC(C)[C@@H]1CC[C@@H](C)C[C@@H]1OC(=O)CC[C@@H](C)[C@H]1CC[C@H]2[C@@H]3CC=C4C[C@@H](OCOCC[Si](C)(C)C)CC[C@]4(C)[C@H]3CC[C@]12C. The van der Waals surface area contributed by atoms with Gasteiger partial charge in [0.15, 0.2) is 0 Å². The van der Waals surface area contributed by atoms with E-state index in [-0.39, 0.29) is 12.1 Å². The molecule has 4 fully saturated rings. The maximum absolute atomic E-state index is 13.1. The first-order chi connectivity index (χ1) is 21.2. The predicted octanol–water partition coefficient (Wildman–Crippen LogP) is 10.7. The lowest BCUT2D eigenvalue weighted by Crippen LogP contribution is -2.51. The Kier molecular flexibility index (Phi) is 11.4. The lowest BCUT2D eigenvalue weighted by atomic mass is 9.47. The molecule has 0 saturated heterocycles. The molecule has 0 N–H and O–H groups in total. The largest absolute Gasteiger partial charge is 0.462 e. The molecule has 0 aliphatic heterocycles. The summed E-state index contributed by atoms with van der Waals surface area (Å²) in [5.74, 6) is 5.63. The second kappa shape index (κ2) is 14.4. The van der Waals surface area contributed by atoms with Gasteiger partial charge >= 0.3 is 5.97 Å². The Hall–Kier alpha value is -0.653. The van der Waals surface area contributed by atoms with E-state index in [4.69, 9.17) is 14.2 Å². The summed E-state index contributed by atoms with van der Waals surface area (Å²) in [7, 11) is -1.05. The minimum absolute atomic E-state index is 0.0607. The molecule has 45 heavy (non-hydrogen) atoms. The van der Waals surface area contributed by atoms with Crippen molar-refractivity contribution in [3.63, 3.8) is 0 Å². The van der Waals surface area contributed by atoms with E-state index in [1.54, 1.807) is 5.57 Å². The fraction of sp³-hybridized carbons (Fsp3) is 0.925. The Morgan fingerprint density at radius 3 is 2.51 bits per heavy atom. The first-order valence-electron chi connectivity index (χ1n) is 19.3. The molecule has 0 amide bonds. The van der Waals surface area contributed by atoms with Crippen molar-refractivity contribution < 1.29 is 19.0 Å². The number of fused-ring (bicyclic) bond motifs is 5. The highest BCUT2D eigenvalue weighted by molar-refractivity contribution is 6.76. The standard InChI is InChI=1S/C40H70O4Si/c1-27(2)32-13-10-28(3)24-37(32)44-38(41)17-11-29(4)34-15-16-35-33-14-12-30-25-31(43-26-42-22-23-45(7,8)9)18-20-39(30,5)36(33)19-21-40(34,35)6/h12,27-29,31-37H,10-11,13-26H2,1-9H3/t28-,29-,31+,32+,33+,34-,35+,36+,37+,39+,40-/m1/s1. The van der Waals surface area contributed by atoms with Gasteiger partial charge in [-0.3, -0.25) is 4.79 Å². The Morgan fingerprint density at radius 1 is 1.00 bits per heavy atom. The third kappa shape index (κ3) is 7.98. The van der Waals surface area contributed by atoms with Crippen LogP contribution in [0.4, 0.5) is 0 Å². The number of ether oxygens (including phenoxy) is 3. The van der Waals surface area contributed by atoms with Crippen LogP contribution in [0.2, 0.25) is 25.7 Å². The Balaban J connectivity index is 1.13. The van der Waals surface area contributed by atoms with Crippen LogP contribution in [0.5, 0.6) is 0 Å². The monoisotopic (exact) mass is 643 g/mol. The van der Waals surface area contributed by atoms with Gasteiger partial charge in [0.1, 0.15) is 12.9 Å². The molecule has 0 radical (unpaired) electrons. The van der Waals surface area contributed by atoms with Gasteiger partial charge in [-0.2, -0.15) is 0 Å². The molecule has 0 unspecified atom stereocenters. The summed E-state index contributed by atoms with van der Waals surface area (Å²) in [4.78, 5) is 13.1. The van der Waals surface area contributed by atoms with Gasteiger partial charge in [-0.1, -0.05) is 79.3 Å². The maximum Gasteiger partial charge on any atom is 0.306 e. The van der Waals surface area contributed by atoms with Crippen LogP contribution in [-0.4, -0.2) is 39.7 Å². The number of hydrogen-bond donors (Lipinski definition) is 0. The molecule has 0 bridgehead atoms. The summed E-state index contributed by atoms with van der Waals surface area (Å²) in [6, 6.07) is 1.21. The summed E-state index contributed by atoms with van der Waals surface area (Å²) < 4.78 is 18.4. The van der Waals surface area contributed by atoms with Crippen LogP contribution in [0.3, 0.4) is 0 Å². The molecule has 0 spiro atoms. The minimum Gasteiger partial charge on any atom is -0.462 e. The minimum atomic E-state index is -1.05. The van der Waals surface area contributed by atoms with Crippen LogP contribution in [0.1, 0.15) is 125 Å². The average Bonchev–Trinajstić information content (AvgIpc) is 3.32. The number of carbonyl (C=O) groups excluding carboxylic acids is 1. The van der Waals surface area contributed by atoms with Crippen LogP contribution in [0, 0.1) is 58.2 Å². The number of rotatable bonds is 12. The molecule has 0 heterocycles. The topological polar surface area (TPSA) is 44.8 Å². The maximum atomic E-state index is 13.1. The van der Waals surface area contributed by atoms with Gasteiger partial charge in [-0.15, -0.1) is 0 Å². The van der Waals surface area contributed by atoms with Crippen molar-refractivity contribution in [2.24, 2.45) is 58.2 Å². The number of hydrogen-bond acceptors (Lipinski definition) is 4. The molecule has 4 nitrogen and oxygen atoms in total. The van der Waals surface area contributed by atoms with E-state index in [2.05, 4.69) is 67.3 Å². The molecule has 0 aromatic heterocycles. The van der Waals surface area contributed by atoms with E-state index >= 15 is 0 Å². The summed E-state index contributed by atoms with van der Waals surface area (Å²) in [5.41, 5.74) is 2.46. The second-order valence-electron chi connectivity index (χ2n) is 18.7. The van der Waals surface area contributed by atoms with Crippen LogP contribution in [0.15, 0.2) is 11.6 Å². The molecule has 0 aromatic carbocycles. The smallest absolute Gasteiger partial charge is 0.306 e. The van der Waals surface area contributed by atoms with Crippen molar-refractivity contribution in [2.75, 3.05) is 13.4 Å². The van der Waals surface area contributed by atoms with Crippen LogP contribution in [-0.2, 0) is 19.0 Å². The third-order valence-electron chi connectivity index (χ3n) is 14.3. The van der Waals surface area contributed by atoms with Gasteiger partial charge in [0.05, 0.1) is 6.10 Å². The van der Waals surface area contributed by atoms with Gasteiger partial charge in [0, 0.05) is 21.1 Å². The molecule has 5 rings (SSSR count). The first kappa shape index (κ1) is 35.6. The van der Waals surface area contributed by atoms with Crippen molar-refractivity contribution >= 4 is 14.0 Å². The van der Waals surface area contributed by atoms with Gasteiger partial charge in [-0.25, -0.2) is 0 Å². The summed E-state index contributed by atoms with van der Waals surface area (Å²) >= 11 is 0. The molecule has 4 saturated carbocycles. The zero-order valence-corrected chi connectivity index (χ0v) is 31.8. The van der Waals surface area contributed by atoms with E-state index in [9.17, 15) is 4.79 Å². The molecule has 5 aliphatic rings. The lowest BCUT2D eigenvalue weighted by Gasteiger charge is -2.58. The fourth-order valence-electron chi connectivity index (χ4n) is 11.4. The molecule has 0 aromatic rings. The molecule has 5 heteroatoms. The Morgan fingerprint density at radius 2 is 1.78 bits per heavy atom. The van der Waals surface area contributed by atoms with Crippen molar-refractivity contribution in [1.29, 1.82) is 0 Å². The van der Waals surface area contributed by atoms with Crippen LogP contribution >= 0.6 is 0 Å². The highest BCUT2D eigenvalue weighted by atomic mass is 28.3. The third-order valence-corrected chi connectivity index (χ3v) is 16.0. The van der Waals surface area contributed by atoms with Crippen molar-refractivity contribution in [3.8, 4) is 0 Å². The number of allylic oxidation sites excluding steroid dienone is 1. The number of esters is 1. The van der Waals surface area contributed by atoms with Crippen molar-refractivity contribution in [3.05, 3.63) is 11.6 Å². The van der Waals surface area contributed by atoms with E-state index in [1.807, 2.05) is 0 Å². The van der Waals surface area contributed by atoms with Crippen molar-refractivity contribution in [2.45, 2.75) is 163 Å². The average molecular weight is 643 g/mol. The first-order valence-corrected chi connectivity index (χ1v) is 23.0. The zero-order valence-electron chi connectivity index (χ0n) is 30.8. The summed E-state index contributed by atoms with van der Waals surface area (Å²) in [6.07, 6.45) is 18.5. The van der Waals surface area contributed by atoms with E-state index < -0.39 is 8.07 Å². The molecular weight excluding hydrogens is 573 g/mol. The highest BCUT2D eigenvalue weighted by Gasteiger charge is 2.59. The molecule has 11 atom stereocenters. The van der Waals surface area contributed by atoms with E-state index in [0.717, 1.165) is 49.5 Å². The fourth-order valence-corrected chi connectivity index (χ4v) is 12.1. The highest BCUT2D eigenvalue weighted by Crippen LogP contribution is 2.67.